The minimum Gasteiger partial charge on any atom is -0.360 e. The normalized spacial score (nSPS) is 11.7. The van der Waals surface area contributed by atoms with Gasteiger partial charge in [-0.05, 0) is 24.3 Å². The van der Waals surface area contributed by atoms with E-state index in [4.69, 9.17) is 11.6 Å². The van der Waals surface area contributed by atoms with E-state index in [9.17, 15) is 0 Å². The average molecular weight is 257 g/mol. The van der Waals surface area contributed by atoms with Crippen LogP contribution in [-0.2, 0) is 0 Å². The van der Waals surface area contributed by atoms with Crippen LogP contribution in [0.5, 0.6) is 0 Å². The fraction of sp³-hybridized carbons (Fsp3) is 0. The molecule has 0 aliphatic carbocycles. The van der Waals surface area contributed by atoms with E-state index in [2.05, 4.69) is 10.3 Å². The first kappa shape index (κ1) is 12.4. The second-order valence-corrected chi connectivity index (χ2v) is 4.07. The molecule has 2 nitrogen and oxygen atoms in total. The first-order valence-corrected chi connectivity index (χ1v) is 5.99. The second kappa shape index (κ2) is 6.62. The zero-order valence-electron chi connectivity index (χ0n) is 9.75. The van der Waals surface area contributed by atoms with Gasteiger partial charge in [0.2, 0.25) is 0 Å². The Bertz CT molecular complexity index is 533. The van der Waals surface area contributed by atoms with E-state index >= 15 is 0 Å². The molecule has 2 aromatic carbocycles. The molecule has 0 heterocycles. The van der Waals surface area contributed by atoms with Crippen LogP contribution in [0, 0.1) is 0 Å². The van der Waals surface area contributed by atoms with E-state index in [0.29, 0.717) is 5.03 Å². The molecule has 0 unspecified atom stereocenters. The molecule has 0 radical (unpaired) electrons. The molecule has 0 saturated carbocycles. The van der Waals surface area contributed by atoms with Crippen LogP contribution in [-0.4, -0.2) is 6.21 Å². The minimum absolute atomic E-state index is 0.544. The monoisotopic (exact) mass is 256 g/mol. The minimum atomic E-state index is 0.544. The van der Waals surface area contributed by atoms with Crippen LogP contribution in [0.2, 0.25) is 0 Å². The summed E-state index contributed by atoms with van der Waals surface area (Å²) in [4.78, 5) is 4.25. The van der Waals surface area contributed by atoms with E-state index in [1.807, 2.05) is 60.7 Å². The molecule has 2 rings (SSSR count). The Labute approximate surface area is 112 Å². The van der Waals surface area contributed by atoms with Crippen molar-refractivity contribution in [2.24, 2.45) is 4.99 Å². The molecule has 0 aliphatic heterocycles. The standard InChI is InChI=1S/C15H13ClN2/c16-13(11-17-14-7-3-1-4-8-14)12-18-15-9-5-2-6-10-15/h1-12,17H/b13-11+,18-12?. The van der Waals surface area contributed by atoms with Crippen LogP contribution in [0.1, 0.15) is 0 Å². The van der Waals surface area contributed by atoms with Crippen molar-refractivity contribution in [3.8, 4) is 0 Å². The first-order chi connectivity index (χ1) is 8.84. The van der Waals surface area contributed by atoms with Crippen molar-refractivity contribution in [2.45, 2.75) is 0 Å². The topological polar surface area (TPSA) is 24.4 Å². The number of benzene rings is 2. The largest absolute Gasteiger partial charge is 0.360 e. The number of halogens is 1. The number of nitrogens with zero attached hydrogens (tertiary/aromatic N) is 1. The van der Waals surface area contributed by atoms with Crippen molar-refractivity contribution in [1.82, 2.24) is 0 Å². The molecule has 0 aromatic heterocycles. The summed E-state index contributed by atoms with van der Waals surface area (Å²) in [5, 5.41) is 3.64. The third kappa shape index (κ3) is 4.07. The zero-order valence-corrected chi connectivity index (χ0v) is 10.5. The van der Waals surface area contributed by atoms with Gasteiger partial charge in [0.25, 0.3) is 0 Å². The predicted molar refractivity (Wildman–Crippen MR) is 78.6 cm³/mol. The van der Waals surface area contributed by atoms with Crippen molar-refractivity contribution in [3.63, 3.8) is 0 Å². The maximum Gasteiger partial charge on any atom is 0.0748 e. The number of allylic oxidation sites excluding steroid dienone is 1. The predicted octanol–water partition coefficient (Wildman–Crippen LogP) is 4.58. The first-order valence-electron chi connectivity index (χ1n) is 5.61. The quantitative estimate of drug-likeness (QED) is 0.796. The lowest BCUT2D eigenvalue weighted by Crippen LogP contribution is -1.88. The van der Waals surface area contributed by atoms with Crippen molar-refractivity contribution in [2.75, 3.05) is 5.32 Å². The molecule has 3 heteroatoms. The number of para-hydroxylation sites is 2. The SMILES string of the molecule is Cl/C(C=Nc1ccccc1)=C/Nc1ccccc1. The number of hydrogen-bond donors (Lipinski definition) is 1. The fourth-order valence-electron chi connectivity index (χ4n) is 1.37. The van der Waals surface area contributed by atoms with Gasteiger partial charge in [-0.2, -0.15) is 0 Å². The van der Waals surface area contributed by atoms with Gasteiger partial charge in [0.05, 0.1) is 10.7 Å². The lowest BCUT2D eigenvalue weighted by atomic mass is 10.3. The summed E-state index contributed by atoms with van der Waals surface area (Å²) in [6.45, 7) is 0. The van der Waals surface area contributed by atoms with Crippen LogP contribution < -0.4 is 5.32 Å². The highest BCUT2D eigenvalue weighted by atomic mass is 35.5. The molecule has 0 atom stereocenters. The third-order valence-electron chi connectivity index (χ3n) is 2.24. The van der Waals surface area contributed by atoms with E-state index in [-0.39, 0.29) is 0 Å². The number of anilines is 1. The molecule has 18 heavy (non-hydrogen) atoms. The van der Waals surface area contributed by atoms with Gasteiger partial charge in [0, 0.05) is 18.1 Å². The maximum atomic E-state index is 6.03. The number of aliphatic imine (C=N–C) groups is 1. The van der Waals surface area contributed by atoms with Gasteiger partial charge >= 0.3 is 0 Å². The molecule has 0 amide bonds. The fourth-order valence-corrected chi connectivity index (χ4v) is 1.48. The Morgan fingerprint density at radius 2 is 1.56 bits per heavy atom. The summed E-state index contributed by atoms with van der Waals surface area (Å²) < 4.78 is 0. The molecule has 0 saturated heterocycles. The Morgan fingerprint density at radius 1 is 0.944 bits per heavy atom. The Hall–Kier alpha value is -2.06. The van der Waals surface area contributed by atoms with Crippen molar-refractivity contribution in [3.05, 3.63) is 71.9 Å². The van der Waals surface area contributed by atoms with Gasteiger partial charge in [-0.3, -0.25) is 4.99 Å². The third-order valence-corrected chi connectivity index (χ3v) is 2.45. The van der Waals surface area contributed by atoms with E-state index in [0.717, 1.165) is 11.4 Å². The van der Waals surface area contributed by atoms with Crippen molar-refractivity contribution < 1.29 is 0 Å². The molecule has 2 aromatic rings. The van der Waals surface area contributed by atoms with Gasteiger partial charge in [0.15, 0.2) is 0 Å². The van der Waals surface area contributed by atoms with E-state index < -0.39 is 0 Å². The summed E-state index contributed by atoms with van der Waals surface area (Å²) in [6.07, 6.45) is 3.33. The van der Waals surface area contributed by atoms with Gasteiger partial charge in [0.1, 0.15) is 0 Å². The summed E-state index contributed by atoms with van der Waals surface area (Å²) in [5.41, 5.74) is 1.87. The molecule has 90 valence electrons. The summed E-state index contributed by atoms with van der Waals surface area (Å²) in [7, 11) is 0. The van der Waals surface area contributed by atoms with Crippen LogP contribution in [0.4, 0.5) is 11.4 Å². The van der Waals surface area contributed by atoms with E-state index in [1.165, 1.54) is 0 Å². The molecular formula is C15H13ClN2. The molecule has 0 fully saturated rings. The summed E-state index contributed by atoms with van der Waals surface area (Å²) in [6, 6.07) is 19.5. The van der Waals surface area contributed by atoms with Crippen molar-refractivity contribution >= 4 is 29.2 Å². The molecule has 0 spiro atoms. The molecular weight excluding hydrogens is 244 g/mol. The van der Waals surface area contributed by atoms with Gasteiger partial charge < -0.3 is 5.32 Å². The lowest BCUT2D eigenvalue weighted by molar-refractivity contribution is 1.53. The summed E-state index contributed by atoms with van der Waals surface area (Å²) in [5.74, 6) is 0. The van der Waals surface area contributed by atoms with E-state index in [1.54, 1.807) is 12.4 Å². The smallest absolute Gasteiger partial charge is 0.0748 e. The molecule has 1 N–H and O–H groups in total. The van der Waals surface area contributed by atoms with Crippen molar-refractivity contribution in [1.29, 1.82) is 0 Å². The highest BCUT2D eigenvalue weighted by Crippen LogP contribution is 2.11. The summed E-state index contributed by atoms with van der Waals surface area (Å²) >= 11 is 6.03. The Kier molecular flexibility index (Phi) is 4.56. The molecule has 0 aliphatic rings. The lowest BCUT2D eigenvalue weighted by Gasteiger charge is -1.99. The Balaban J connectivity index is 1.96. The molecule has 0 bridgehead atoms. The highest BCUT2D eigenvalue weighted by Gasteiger charge is 1.89. The highest BCUT2D eigenvalue weighted by molar-refractivity contribution is 6.39. The number of hydrogen-bond acceptors (Lipinski definition) is 2. The zero-order chi connectivity index (χ0) is 12.6. The Morgan fingerprint density at radius 3 is 2.22 bits per heavy atom. The van der Waals surface area contributed by atoms with Crippen LogP contribution in [0.3, 0.4) is 0 Å². The van der Waals surface area contributed by atoms with Crippen LogP contribution in [0.15, 0.2) is 76.9 Å². The average Bonchev–Trinajstić information content (AvgIpc) is 2.45. The van der Waals surface area contributed by atoms with Gasteiger partial charge in [-0.15, -0.1) is 0 Å². The van der Waals surface area contributed by atoms with Gasteiger partial charge in [-0.1, -0.05) is 48.0 Å². The van der Waals surface area contributed by atoms with Gasteiger partial charge in [-0.25, -0.2) is 0 Å². The van der Waals surface area contributed by atoms with Crippen LogP contribution >= 0.6 is 11.6 Å². The van der Waals surface area contributed by atoms with Crippen LogP contribution in [0.25, 0.3) is 0 Å². The maximum absolute atomic E-state index is 6.03. The number of nitrogens with one attached hydrogen (secondary N) is 1. The number of rotatable bonds is 4. The second-order valence-electron chi connectivity index (χ2n) is 3.63.